The molecule has 1 rings (SSSR count). The number of rotatable bonds is 8. The van der Waals surface area contributed by atoms with Gasteiger partial charge >= 0.3 is 11.9 Å². The second-order valence-corrected chi connectivity index (χ2v) is 5.17. The number of benzene rings is 1. The summed E-state index contributed by atoms with van der Waals surface area (Å²) in [7, 11) is 0. The molecule has 0 aromatic heterocycles. The highest BCUT2D eigenvalue weighted by atomic mass is 79.9. The van der Waals surface area contributed by atoms with E-state index in [-0.39, 0.29) is 19.0 Å². The Balaban J connectivity index is 2.22. The van der Waals surface area contributed by atoms with E-state index in [1.807, 2.05) is 0 Å². The van der Waals surface area contributed by atoms with E-state index in [4.69, 9.17) is 9.47 Å². The fraction of sp³-hybridized carbons (Fsp3) is 0.400. The van der Waals surface area contributed by atoms with Gasteiger partial charge in [0.1, 0.15) is 0 Å². The summed E-state index contributed by atoms with van der Waals surface area (Å²) >= 11 is 3.24. The van der Waals surface area contributed by atoms with Gasteiger partial charge in [-0.2, -0.15) is 0 Å². The van der Waals surface area contributed by atoms with Crippen LogP contribution in [0.15, 0.2) is 28.7 Å². The molecule has 0 fully saturated rings. The van der Waals surface area contributed by atoms with Crippen LogP contribution in [-0.4, -0.2) is 37.6 Å². The lowest BCUT2D eigenvalue weighted by Crippen LogP contribution is -2.30. The first-order chi connectivity index (χ1) is 10.5. The molecule has 0 unspecified atom stereocenters. The molecule has 0 heterocycles. The monoisotopic (exact) mass is 371 g/mol. The van der Waals surface area contributed by atoms with Gasteiger partial charge in [-0.15, -0.1) is 0 Å². The minimum Gasteiger partial charge on any atom is -0.466 e. The Bertz CT molecular complexity index is 532. The standard InChI is InChI=1S/C15H18BrNO5/c1-2-21-14(19)8-5-9-17-13(18)10-22-15(20)11-6-3-4-7-12(11)16/h3-4,6-7H,2,5,8-10H2,1H3,(H,17,18). The first kappa shape index (κ1) is 18.2. The van der Waals surface area contributed by atoms with Crippen LogP contribution in [-0.2, 0) is 19.1 Å². The highest BCUT2D eigenvalue weighted by Crippen LogP contribution is 2.16. The Kier molecular flexibility index (Phi) is 8.21. The molecule has 1 amide bonds. The van der Waals surface area contributed by atoms with Gasteiger partial charge in [-0.3, -0.25) is 9.59 Å². The number of hydrogen-bond acceptors (Lipinski definition) is 5. The van der Waals surface area contributed by atoms with Crippen molar-refractivity contribution in [3.63, 3.8) is 0 Å². The van der Waals surface area contributed by atoms with E-state index in [0.29, 0.717) is 29.6 Å². The fourth-order valence-corrected chi connectivity index (χ4v) is 2.03. The fourth-order valence-electron chi connectivity index (χ4n) is 1.58. The molecule has 120 valence electrons. The van der Waals surface area contributed by atoms with Crippen molar-refractivity contribution in [3.05, 3.63) is 34.3 Å². The largest absolute Gasteiger partial charge is 0.466 e. The highest BCUT2D eigenvalue weighted by molar-refractivity contribution is 9.10. The molecule has 0 radical (unpaired) electrons. The van der Waals surface area contributed by atoms with Crippen LogP contribution in [0.5, 0.6) is 0 Å². The molecule has 0 aliphatic rings. The van der Waals surface area contributed by atoms with Crippen LogP contribution < -0.4 is 5.32 Å². The van der Waals surface area contributed by atoms with Crippen LogP contribution in [0.1, 0.15) is 30.1 Å². The smallest absolute Gasteiger partial charge is 0.339 e. The Morgan fingerprint density at radius 1 is 1.18 bits per heavy atom. The molecule has 1 N–H and O–H groups in total. The van der Waals surface area contributed by atoms with Crippen molar-refractivity contribution in [1.82, 2.24) is 5.32 Å². The lowest BCUT2D eigenvalue weighted by Gasteiger charge is -2.07. The molecule has 1 aromatic carbocycles. The summed E-state index contributed by atoms with van der Waals surface area (Å²) in [6.07, 6.45) is 0.716. The average molecular weight is 372 g/mol. The maximum Gasteiger partial charge on any atom is 0.339 e. The summed E-state index contributed by atoms with van der Waals surface area (Å²) < 4.78 is 10.3. The van der Waals surface area contributed by atoms with E-state index >= 15 is 0 Å². The molecular weight excluding hydrogens is 354 g/mol. The first-order valence-electron chi connectivity index (χ1n) is 6.88. The summed E-state index contributed by atoms with van der Waals surface area (Å²) in [5.74, 6) is -1.28. The SMILES string of the molecule is CCOC(=O)CCCNC(=O)COC(=O)c1ccccc1Br. The zero-order valence-corrected chi connectivity index (χ0v) is 13.9. The predicted molar refractivity (Wildman–Crippen MR) is 83.3 cm³/mol. The molecule has 0 bridgehead atoms. The van der Waals surface area contributed by atoms with E-state index in [1.165, 1.54) is 0 Å². The van der Waals surface area contributed by atoms with Gasteiger partial charge in [0.25, 0.3) is 5.91 Å². The molecule has 6 nitrogen and oxygen atoms in total. The van der Waals surface area contributed by atoms with Gasteiger partial charge in [0.05, 0.1) is 12.2 Å². The Morgan fingerprint density at radius 3 is 2.59 bits per heavy atom. The summed E-state index contributed by atoms with van der Waals surface area (Å²) in [5.41, 5.74) is 0.359. The molecule has 0 atom stereocenters. The highest BCUT2D eigenvalue weighted by Gasteiger charge is 2.12. The molecule has 0 saturated carbocycles. The number of ether oxygens (including phenoxy) is 2. The van der Waals surface area contributed by atoms with Crippen LogP contribution in [0.3, 0.4) is 0 Å². The van der Waals surface area contributed by atoms with Gasteiger partial charge in [-0.1, -0.05) is 12.1 Å². The Hall–Kier alpha value is -1.89. The molecule has 0 spiro atoms. The van der Waals surface area contributed by atoms with Crippen LogP contribution >= 0.6 is 15.9 Å². The number of nitrogens with one attached hydrogen (secondary N) is 1. The van der Waals surface area contributed by atoms with Crippen molar-refractivity contribution in [2.45, 2.75) is 19.8 Å². The zero-order chi connectivity index (χ0) is 16.4. The minimum absolute atomic E-state index is 0.241. The number of esters is 2. The van der Waals surface area contributed by atoms with Gasteiger partial charge in [0.15, 0.2) is 6.61 Å². The lowest BCUT2D eigenvalue weighted by atomic mass is 10.2. The number of carbonyl (C=O) groups excluding carboxylic acids is 3. The van der Waals surface area contributed by atoms with E-state index in [1.54, 1.807) is 31.2 Å². The third kappa shape index (κ3) is 6.71. The molecule has 22 heavy (non-hydrogen) atoms. The number of amides is 1. The number of carbonyl (C=O) groups is 3. The predicted octanol–water partition coefficient (Wildman–Crippen LogP) is 2.07. The third-order valence-electron chi connectivity index (χ3n) is 2.61. The lowest BCUT2D eigenvalue weighted by molar-refractivity contribution is -0.143. The molecule has 0 aliphatic carbocycles. The molecule has 7 heteroatoms. The van der Waals surface area contributed by atoms with Crippen LogP contribution in [0.4, 0.5) is 0 Å². The Morgan fingerprint density at radius 2 is 1.91 bits per heavy atom. The van der Waals surface area contributed by atoms with Gasteiger partial charge in [0.2, 0.25) is 0 Å². The normalized spacial score (nSPS) is 9.91. The Labute approximate surface area is 137 Å². The van der Waals surface area contributed by atoms with Crippen molar-refractivity contribution < 1.29 is 23.9 Å². The van der Waals surface area contributed by atoms with Crippen LogP contribution in [0.25, 0.3) is 0 Å². The van der Waals surface area contributed by atoms with Crippen LogP contribution in [0.2, 0.25) is 0 Å². The van der Waals surface area contributed by atoms with Crippen LogP contribution in [0, 0.1) is 0 Å². The maximum absolute atomic E-state index is 11.8. The van der Waals surface area contributed by atoms with Crippen molar-refractivity contribution >= 4 is 33.8 Å². The first-order valence-corrected chi connectivity index (χ1v) is 7.68. The third-order valence-corrected chi connectivity index (χ3v) is 3.30. The van der Waals surface area contributed by atoms with E-state index in [9.17, 15) is 14.4 Å². The van der Waals surface area contributed by atoms with Gasteiger partial charge in [-0.05, 0) is 41.4 Å². The van der Waals surface area contributed by atoms with E-state index in [2.05, 4.69) is 21.2 Å². The zero-order valence-electron chi connectivity index (χ0n) is 12.3. The topological polar surface area (TPSA) is 81.7 Å². The second kappa shape index (κ2) is 9.94. The van der Waals surface area contributed by atoms with Crippen molar-refractivity contribution in [2.75, 3.05) is 19.8 Å². The van der Waals surface area contributed by atoms with Crippen molar-refractivity contribution in [1.29, 1.82) is 0 Å². The molecular formula is C15H18BrNO5. The summed E-state index contributed by atoms with van der Waals surface area (Å²) in [4.78, 5) is 34.4. The van der Waals surface area contributed by atoms with Gasteiger partial charge in [-0.25, -0.2) is 4.79 Å². The number of hydrogen-bond donors (Lipinski definition) is 1. The van der Waals surface area contributed by atoms with Gasteiger partial charge in [0, 0.05) is 17.4 Å². The quantitative estimate of drug-likeness (QED) is 0.558. The molecule has 0 aliphatic heterocycles. The maximum atomic E-state index is 11.8. The molecule has 1 aromatic rings. The van der Waals surface area contributed by atoms with Crippen molar-refractivity contribution in [3.8, 4) is 0 Å². The van der Waals surface area contributed by atoms with Gasteiger partial charge < -0.3 is 14.8 Å². The summed E-state index contributed by atoms with van der Waals surface area (Å²) in [6.45, 7) is 2.04. The van der Waals surface area contributed by atoms with E-state index in [0.717, 1.165) is 0 Å². The summed E-state index contributed by atoms with van der Waals surface area (Å²) in [6, 6.07) is 6.80. The summed E-state index contributed by atoms with van der Waals surface area (Å²) in [5, 5.41) is 2.57. The minimum atomic E-state index is -0.575. The average Bonchev–Trinajstić information content (AvgIpc) is 2.50. The molecule has 0 saturated heterocycles. The van der Waals surface area contributed by atoms with Crippen molar-refractivity contribution in [2.24, 2.45) is 0 Å². The second-order valence-electron chi connectivity index (χ2n) is 4.31. The number of halogens is 1. The van der Waals surface area contributed by atoms with E-state index < -0.39 is 11.9 Å².